The van der Waals surface area contributed by atoms with Gasteiger partial charge in [0.1, 0.15) is 5.82 Å². The lowest BCUT2D eigenvalue weighted by Crippen LogP contribution is -2.47. The minimum Gasteiger partial charge on any atom is -0.367 e. The fraction of sp³-hybridized carbons (Fsp3) is 0.625. The topological polar surface area (TPSA) is 6.48 Å². The molecule has 1 aliphatic heterocycles. The minimum atomic E-state index is -0.105. The van der Waals surface area contributed by atoms with E-state index in [0.29, 0.717) is 0 Å². The SMILES string of the molecule is CC(CCBr)CCN1CCN(c2ccccc2F)CC1. The molecule has 20 heavy (non-hydrogen) atoms. The average Bonchev–Trinajstić information content (AvgIpc) is 2.47. The number of alkyl halides is 1. The van der Waals surface area contributed by atoms with E-state index in [2.05, 4.69) is 32.7 Å². The first-order chi connectivity index (χ1) is 9.70. The number of nitrogens with zero attached hydrogens (tertiary/aromatic N) is 2. The van der Waals surface area contributed by atoms with Crippen molar-refractivity contribution in [2.45, 2.75) is 19.8 Å². The highest BCUT2D eigenvalue weighted by Crippen LogP contribution is 2.20. The van der Waals surface area contributed by atoms with E-state index in [-0.39, 0.29) is 5.82 Å². The van der Waals surface area contributed by atoms with Gasteiger partial charge in [-0.2, -0.15) is 0 Å². The molecule has 0 bridgehead atoms. The number of piperazine rings is 1. The molecule has 0 saturated carbocycles. The van der Waals surface area contributed by atoms with Crippen molar-refractivity contribution in [1.82, 2.24) is 4.90 Å². The molecule has 1 aromatic carbocycles. The van der Waals surface area contributed by atoms with Gasteiger partial charge in [-0.3, -0.25) is 4.90 Å². The van der Waals surface area contributed by atoms with Crippen molar-refractivity contribution >= 4 is 21.6 Å². The maximum Gasteiger partial charge on any atom is 0.146 e. The molecule has 4 heteroatoms. The van der Waals surface area contributed by atoms with Gasteiger partial charge in [0.15, 0.2) is 0 Å². The molecule has 2 nitrogen and oxygen atoms in total. The van der Waals surface area contributed by atoms with Crippen molar-refractivity contribution in [2.24, 2.45) is 5.92 Å². The van der Waals surface area contributed by atoms with Gasteiger partial charge in [0, 0.05) is 31.5 Å². The maximum absolute atomic E-state index is 13.8. The smallest absolute Gasteiger partial charge is 0.146 e. The molecule has 112 valence electrons. The lowest BCUT2D eigenvalue weighted by Gasteiger charge is -2.36. The number of hydrogen-bond donors (Lipinski definition) is 0. The number of halogens is 2. The quantitative estimate of drug-likeness (QED) is 0.726. The summed E-state index contributed by atoms with van der Waals surface area (Å²) in [5.41, 5.74) is 0.750. The zero-order valence-electron chi connectivity index (χ0n) is 12.2. The molecule has 0 amide bonds. The molecular weight excluding hydrogens is 319 g/mol. The number of anilines is 1. The Bertz CT molecular complexity index is 405. The summed E-state index contributed by atoms with van der Waals surface area (Å²) in [4.78, 5) is 4.66. The number of benzene rings is 1. The summed E-state index contributed by atoms with van der Waals surface area (Å²) in [7, 11) is 0. The predicted molar refractivity (Wildman–Crippen MR) is 87.2 cm³/mol. The van der Waals surface area contributed by atoms with Gasteiger partial charge < -0.3 is 4.90 Å². The third-order valence-corrected chi connectivity index (χ3v) is 4.56. The zero-order valence-corrected chi connectivity index (χ0v) is 13.8. The third-order valence-electron chi connectivity index (χ3n) is 4.11. The van der Waals surface area contributed by atoms with E-state index in [4.69, 9.17) is 0 Å². The van der Waals surface area contributed by atoms with Crippen LogP contribution in [0.1, 0.15) is 19.8 Å². The van der Waals surface area contributed by atoms with Crippen LogP contribution in [0, 0.1) is 11.7 Å². The largest absolute Gasteiger partial charge is 0.367 e. The van der Waals surface area contributed by atoms with E-state index in [1.54, 1.807) is 12.1 Å². The number of hydrogen-bond acceptors (Lipinski definition) is 2. The normalized spacial score (nSPS) is 18.2. The van der Waals surface area contributed by atoms with Crippen LogP contribution < -0.4 is 4.90 Å². The highest BCUT2D eigenvalue weighted by molar-refractivity contribution is 9.09. The van der Waals surface area contributed by atoms with Gasteiger partial charge in [0.25, 0.3) is 0 Å². The zero-order chi connectivity index (χ0) is 14.4. The molecule has 1 fully saturated rings. The van der Waals surface area contributed by atoms with E-state index in [1.807, 2.05) is 12.1 Å². The van der Waals surface area contributed by atoms with Crippen LogP contribution in [0.2, 0.25) is 0 Å². The van der Waals surface area contributed by atoms with Gasteiger partial charge in [0.2, 0.25) is 0 Å². The Labute approximate surface area is 130 Å². The van der Waals surface area contributed by atoms with E-state index in [1.165, 1.54) is 19.4 Å². The van der Waals surface area contributed by atoms with Crippen molar-refractivity contribution in [3.8, 4) is 0 Å². The lowest BCUT2D eigenvalue weighted by atomic mass is 10.0. The molecule has 0 spiro atoms. The highest BCUT2D eigenvalue weighted by atomic mass is 79.9. The highest BCUT2D eigenvalue weighted by Gasteiger charge is 2.19. The molecule has 0 aliphatic carbocycles. The molecule has 0 radical (unpaired) electrons. The molecule has 1 unspecified atom stereocenters. The second-order valence-electron chi connectivity index (χ2n) is 5.65. The van der Waals surface area contributed by atoms with E-state index < -0.39 is 0 Å². The van der Waals surface area contributed by atoms with Gasteiger partial charge in [-0.1, -0.05) is 35.0 Å². The van der Waals surface area contributed by atoms with Crippen molar-refractivity contribution in [3.05, 3.63) is 30.1 Å². The van der Waals surface area contributed by atoms with Crippen LogP contribution in [0.15, 0.2) is 24.3 Å². The van der Waals surface area contributed by atoms with Gasteiger partial charge in [0.05, 0.1) is 5.69 Å². The molecule has 2 rings (SSSR count). The van der Waals surface area contributed by atoms with Crippen molar-refractivity contribution in [2.75, 3.05) is 43.0 Å². The first kappa shape index (κ1) is 15.8. The van der Waals surface area contributed by atoms with E-state index >= 15 is 0 Å². The summed E-state index contributed by atoms with van der Waals surface area (Å²) in [5, 5.41) is 1.09. The molecule has 1 atom stereocenters. The van der Waals surface area contributed by atoms with Crippen LogP contribution in [0.4, 0.5) is 10.1 Å². The van der Waals surface area contributed by atoms with Crippen LogP contribution in [0.5, 0.6) is 0 Å². The van der Waals surface area contributed by atoms with Crippen LogP contribution in [-0.4, -0.2) is 43.0 Å². The first-order valence-electron chi connectivity index (χ1n) is 7.48. The summed E-state index contributed by atoms with van der Waals surface area (Å²) in [6.45, 7) is 7.41. The fourth-order valence-electron chi connectivity index (χ4n) is 2.65. The standard InChI is InChI=1S/C16H24BrFN2/c1-14(6-8-17)7-9-19-10-12-20(13-11-19)16-5-3-2-4-15(16)18/h2-5,14H,6-13H2,1H3. The van der Waals surface area contributed by atoms with Crippen molar-refractivity contribution in [3.63, 3.8) is 0 Å². The fourth-order valence-corrected chi connectivity index (χ4v) is 3.44. The summed E-state index contributed by atoms with van der Waals surface area (Å²) in [5.74, 6) is 0.672. The monoisotopic (exact) mass is 342 g/mol. The minimum absolute atomic E-state index is 0.105. The van der Waals surface area contributed by atoms with Crippen LogP contribution in [0.25, 0.3) is 0 Å². The Balaban J connectivity index is 1.77. The van der Waals surface area contributed by atoms with E-state index in [9.17, 15) is 4.39 Å². The van der Waals surface area contributed by atoms with Gasteiger partial charge in [-0.25, -0.2) is 4.39 Å². The third kappa shape index (κ3) is 4.45. The van der Waals surface area contributed by atoms with Gasteiger partial charge >= 0.3 is 0 Å². The Hall–Kier alpha value is -0.610. The van der Waals surface area contributed by atoms with E-state index in [0.717, 1.165) is 43.1 Å². The summed E-state index contributed by atoms with van der Waals surface area (Å²) in [6, 6.07) is 7.08. The Morgan fingerprint density at radius 3 is 2.50 bits per heavy atom. The molecule has 1 aliphatic rings. The molecule has 1 saturated heterocycles. The second-order valence-corrected chi connectivity index (χ2v) is 6.44. The van der Waals surface area contributed by atoms with Gasteiger partial charge in [-0.05, 0) is 37.4 Å². The summed E-state index contributed by atoms with van der Waals surface area (Å²) >= 11 is 3.50. The Morgan fingerprint density at radius 2 is 1.85 bits per heavy atom. The predicted octanol–water partition coefficient (Wildman–Crippen LogP) is 3.76. The molecule has 1 heterocycles. The molecule has 0 N–H and O–H groups in total. The molecular formula is C16H24BrFN2. The first-order valence-corrected chi connectivity index (χ1v) is 8.60. The van der Waals surface area contributed by atoms with Crippen LogP contribution >= 0.6 is 15.9 Å². The van der Waals surface area contributed by atoms with Crippen molar-refractivity contribution < 1.29 is 4.39 Å². The Morgan fingerprint density at radius 1 is 1.15 bits per heavy atom. The summed E-state index contributed by atoms with van der Waals surface area (Å²) in [6.07, 6.45) is 2.50. The number of rotatable bonds is 6. The van der Waals surface area contributed by atoms with Crippen LogP contribution in [0.3, 0.4) is 0 Å². The van der Waals surface area contributed by atoms with Crippen molar-refractivity contribution in [1.29, 1.82) is 0 Å². The second kappa shape index (κ2) is 7.99. The average molecular weight is 343 g/mol. The number of para-hydroxylation sites is 1. The Kier molecular flexibility index (Phi) is 6.30. The molecule has 0 aromatic heterocycles. The van der Waals surface area contributed by atoms with Crippen LogP contribution in [-0.2, 0) is 0 Å². The maximum atomic E-state index is 13.8. The molecule has 1 aromatic rings. The van der Waals surface area contributed by atoms with Gasteiger partial charge in [-0.15, -0.1) is 0 Å². The lowest BCUT2D eigenvalue weighted by molar-refractivity contribution is 0.239. The summed E-state index contributed by atoms with van der Waals surface area (Å²) < 4.78 is 13.8.